The van der Waals surface area contributed by atoms with Crippen LogP contribution in [0.2, 0.25) is 0 Å². The zero-order chi connectivity index (χ0) is 16.3. The van der Waals surface area contributed by atoms with E-state index >= 15 is 0 Å². The molecule has 0 radical (unpaired) electrons. The Hall–Kier alpha value is -1.39. The highest BCUT2D eigenvalue weighted by molar-refractivity contribution is 5.77. The lowest BCUT2D eigenvalue weighted by Crippen LogP contribution is -2.34. The van der Waals surface area contributed by atoms with Crippen molar-refractivity contribution >= 4 is 5.91 Å². The molecule has 1 aliphatic rings. The molecule has 4 nitrogen and oxygen atoms in total. The van der Waals surface area contributed by atoms with E-state index in [0.717, 1.165) is 24.8 Å². The van der Waals surface area contributed by atoms with Gasteiger partial charge >= 0.3 is 0 Å². The number of nitrogens with one attached hydrogen (secondary N) is 1. The van der Waals surface area contributed by atoms with E-state index in [1.165, 1.54) is 18.2 Å². The molecule has 1 aromatic carbocycles. The normalized spacial score (nSPS) is 19.4. The summed E-state index contributed by atoms with van der Waals surface area (Å²) in [6.45, 7) is 6.55. The second kappa shape index (κ2) is 6.80. The topological polar surface area (TPSA) is 64.3 Å². The number of nitrogens with two attached hydrogens (primary N) is 1. The van der Waals surface area contributed by atoms with Crippen molar-refractivity contribution in [2.45, 2.75) is 52.1 Å². The van der Waals surface area contributed by atoms with Gasteiger partial charge in [-0.15, -0.1) is 0 Å². The van der Waals surface area contributed by atoms with E-state index < -0.39 is 0 Å². The number of hydrogen-bond donors (Lipinski definition) is 2. The van der Waals surface area contributed by atoms with E-state index in [4.69, 9.17) is 10.5 Å². The number of amides is 1. The Balaban J connectivity index is 2.26. The zero-order valence-electron chi connectivity index (χ0n) is 14.1. The predicted molar refractivity (Wildman–Crippen MR) is 88.5 cm³/mol. The molecule has 0 saturated heterocycles. The summed E-state index contributed by atoms with van der Waals surface area (Å²) < 4.78 is 4.91. The van der Waals surface area contributed by atoms with Gasteiger partial charge in [-0.2, -0.15) is 0 Å². The maximum Gasteiger partial charge on any atom is 0.246 e. The molecule has 2 rings (SSSR count). The summed E-state index contributed by atoms with van der Waals surface area (Å²) >= 11 is 0. The molecule has 2 atom stereocenters. The van der Waals surface area contributed by atoms with Crippen molar-refractivity contribution in [3.05, 3.63) is 34.9 Å². The van der Waals surface area contributed by atoms with Crippen LogP contribution in [0, 0.1) is 5.41 Å². The summed E-state index contributed by atoms with van der Waals surface area (Å²) in [5.74, 6) is -0.0640. The van der Waals surface area contributed by atoms with Crippen LogP contribution in [0.3, 0.4) is 0 Å². The minimum Gasteiger partial charge on any atom is -0.375 e. The van der Waals surface area contributed by atoms with Gasteiger partial charge in [0.15, 0.2) is 0 Å². The van der Waals surface area contributed by atoms with Gasteiger partial charge in [0.1, 0.15) is 6.61 Å². The van der Waals surface area contributed by atoms with Crippen LogP contribution < -0.4 is 11.1 Å². The number of benzene rings is 1. The molecule has 22 heavy (non-hydrogen) atoms. The van der Waals surface area contributed by atoms with Gasteiger partial charge in [0.2, 0.25) is 5.91 Å². The molecular weight excluding hydrogens is 276 g/mol. The zero-order valence-corrected chi connectivity index (χ0v) is 14.1. The number of fused-ring (bicyclic) bond motifs is 1. The summed E-state index contributed by atoms with van der Waals surface area (Å²) in [4.78, 5) is 11.8. The fraction of sp³-hybridized carbons (Fsp3) is 0.611. The first-order valence-corrected chi connectivity index (χ1v) is 7.99. The summed E-state index contributed by atoms with van der Waals surface area (Å²) in [5.41, 5.74) is 10.1. The average Bonchev–Trinajstić information content (AvgIpc) is 2.45. The minimum atomic E-state index is -0.0640. The van der Waals surface area contributed by atoms with Crippen LogP contribution in [0.1, 0.15) is 62.4 Å². The Bertz CT molecular complexity index is 534. The maximum atomic E-state index is 11.8. The van der Waals surface area contributed by atoms with E-state index in [1.54, 1.807) is 0 Å². The SMILES string of the molecule is COCC(=O)NC1CCCc2ccc(C(N)C(C)(C)C)cc21. The Labute approximate surface area is 133 Å². The third kappa shape index (κ3) is 3.87. The number of aryl methyl sites for hydroxylation is 1. The lowest BCUT2D eigenvalue weighted by atomic mass is 9.80. The number of ether oxygens (including phenoxy) is 1. The molecular formula is C18H28N2O2. The predicted octanol–water partition coefficient (Wildman–Crippen LogP) is 2.87. The minimum absolute atomic E-state index is 0.0116. The molecule has 0 fully saturated rings. The van der Waals surface area contributed by atoms with Crippen LogP contribution in [0.5, 0.6) is 0 Å². The molecule has 1 aliphatic carbocycles. The molecule has 0 aliphatic heterocycles. The van der Waals surface area contributed by atoms with E-state index in [-0.39, 0.29) is 30.0 Å². The number of carbonyl (C=O) groups is 1. The van der Waals surface area contributed by atoms with E-state index in [9.17, 15) is 4.79 Å². The standard InChI is InChI=1S/C18H28N2O2/c1-18(2,3)17(19)13-9-8-12-6-5-7-15(14(12)10-13)20-16(21)11-22-4/h8-10,15,17H,5-7,11,19H2,1-4H3,(H,20,21). The van der Waals surface area contributed by atoms with Crippen molar-refractivity contribution in [3.63, 3.8) is 0 Å². The second-order valence-electron chi connectivity index (χ2n) is 7.25. The quantitative estimate of drug-likeness (QED) is 0.899. The third-order valence-corrected chi connectivity index (χ3v) is 4.39. The maximum absolute atomic E-state index is 11.8. The molecule has 1 aromatic rings. The van der Waals surface area contributed by atoms with Crippen LogP contribution in [-0.2, 0) is 16.0 Å². The largest absolute Gasteiger partial charge is 0.375 e. The van der Waals surface area contributed by atoms with Gasteiger partial charge in [-0.1, -0.05) is 39.0 Å². The first kappa shape index (κ1) is 17.0. The van der Waals surface area contributed by atoms with Gasteiger partial charge in [-0.05, 0) is 41.4 Å². The van der Waals surface area contributed by atoms with Crippen molar-refractivity contribution in [2.75, 3.05) is 13.7 Å². The van der Waals surface area contributed by atoms with Crippen LogP contribution in [-0.4, -0.2) is 19.6 Å². The highest BCUT2D eigenvalue weighted by Gasteiger charge is 2.26. The van der Waals surface area contributed by atoms with Crippen LogP contribution in [0.15, 0.2) is 18.2 Å². The number of carbonyl (C=O) groups excluding carboxylic acids is 1. The van der Waals surface area contributed by atoms with Crippen molar-refractivity contribution < 1.29 is 9.53 Å². The molecule has 0 aromatic heterocycles. The van der Waals surface area contributed by atoms with Gasteiger partial charge in [0.05, 0.1) is 6.04 Å². The Kier molecular flexibility index (Phi) is 5.24. The summed E-state index contributed by atoms with van der Waals surface area (Å²) in [7, 11) is 1.54. The van der Waals surface area contributed by atoms with Crippen molar-refractivity contribution in [3.8, 4) is 0 Å². The Morgan fingerprint density at radius 3 is 2.82 bits per heavy atom. The van der Waals surface area contributed by atoms with Crippen molar-refractivity contribution in [1.82, 2.24) is 5.32 Å². The summed E-state index contributed by atoms with van der Waals surface area (Å²) in [6, 6.07) is 6.54. The second-order valence-corrected chi connectivity index (χ2v) is 7.25. The molecule has 2 unspecified atom stereocenters. The molecule has 122 valence electrons. The molecule has 0 spiro atoms. The molecule has 0 saturated carbocycles. The van der Waals surface area contributed by atoms with Crippen LogP contribution >= 0.6 is 0 Å². The molecule has 0 bridgehead atoms. The molecule has 1 amide bonds. The first-order chi connectivity index (χ1) is 10.3. The van der Waals surface area contributed by atoms with Gasteiger partial charge in [-0.25, -0.2) is 0 Å². The summed E-state index contributed by atoms with van der Waals surface area (Å²) in [6.07, 6.45) is 3.13. The fourth-order valence-electron chi connectivity index (χ4n) is 3.03. The average molecular weight is 304 g/mol. The van der Waals surface area contributed by atoms with Gasteiger partial charge in [-0.3, -0.25) is 4.79 Å². The lowest BCUT2D eigenvalue weighted by molar-refractivity contribution is -0.125. The first-order valence-electron chi connectivity index (χ1n) is 7.99. The van der Waals surface area contributed by atoms with E-state index in [0.29, 0.717) is 0 Å². The molecule has 0 heterocycles. The van der Waals surface area contributed by atoms with Gasteiger partial charge in [0.25, 0.3) is 0 Å². The summed E-state index contributed by atoms with van der Waals surface area (Å²) in [5, 5.41) is 3.08. The van der Waals surface area contributed by atoms with Crippen molar-refractivity contribution in [2.24, 2.45) is 11.1 Å². The number of rotatable bonds is 4. The van der Waals surface area contributed by atoms with Crippen molar-refractivity contribution in [1.29, 1.82) is 0 Å². The third-order valence-electron chi connectivity index (χ3n) is 4.39. The van der Waals surface area contributed by atoms with E-state index in [1.807, 2.05) is 0 Å². The Morgan fingerprint density at radius 2 is 2.18 bits per heavy atom. The van der Waals surface area contributed by atoms with E-state index in [2.05, 4.69) is 44.3 Å². The molecule has 4 heteroatoms. The fourth-order valence-corrected chi connectivity index (χ4v) is 3.03. The van der Waals surface area contributed by atoms with Gasteiger partial charge in [0, 0.05) is 13.2 Å². The molecule has 3 N–H and O–H groups in total. The smallest absolute Gasteiger partial charge is 0.246 e. The van der Waals surface area contributed by atoms with Gasteiger partial charge < -0.3 is 15.8 Å². The highest BCUT2D eigenvalue weighted by atomic mass is 16.5. The Morgan fingerprint density at radius 1 is 1.45 bits per heavy atom. The number of methoxy groups -OCH3 is 1. The van der Waals surface area contributed by atoms with Crippen LogP contribution in [0.25, 0.3) is 0 Å². The number of hydrogen-bond acceptors (Lipinski definition) is 3. The monoisotopic (exact) mass is 304 g/mol. The lowest BCUT2D eigenvalue weighted by Gasteiger charge is -2.31. The van der Waals surface area contributed by atoms with Crippen LogP contribution in [0.4, 0.5) is 0 Å². The highest BCUT2D eigenvalue weighted by Crippen LogP contribution is 2.35.